The van der Waals surface area contributed by atoms with E-state index in [2.05, 4.69) is 24.0 Å². The van der Waals surface area contributed by atoms with Crippen LogP contribution in [0.4, 0.5) is 0 Å². The second-order valence-corrected chi connectivity index (χ2v) is 7.67. The fourth-order valence-electron chi connectivity index (χ4n) is 3.46. The van der Waals surface area contributed by atoms with Crippen molar-refractivity contribution in [3.8, 4) is 0 Å². The maximum Gasteiger partial charge on any atom is 0.219 e. The van der Waals surface area contributed by atoms with Gasteiger partial charge in [-0.25, -0.2) is 0 Å². The first-order chi connectivity index (χ1) is 10.1. The molecule has 0 N–H and O–H groups in total. The number of aryl methyl sites for hydroxylation is 1. The van der Waals surface area contributed by atoms with Gasteiger partial charge in [-0.15, -0.1) is 11.3 Å². The molecule has 1 aromatic rings. The third-order valence-corrected chi connectivity index (χ3v) is 5.47. The monoisotopic (exact) mass is 308 g/mol. The first-order valence-corrected chi connectivity index (χ1v) is 8.55. The number of ether oxygens (including phenoxy) is 1. The molecular formula is C16H24N2O2S. The van der Waals surface area contributed by atoms with E-state index in [-0.39, 0.29) is 11.5 Å². The van der Waals surface area contributed by atoms with Crippen molar-refractivity contribution in [3.63, 3.8) is 0 Å². The highest BCUT2D eigenvalue weighted by Gasteiger charge is 2.41. The number of carbonyl (C=O) groups is 1. The van der Waals surface area contributed by atoms with E-state index >= 15 is 0 Å². The number of amides is 1. The van der Waals surface area contributed by atoms with E-state index in [1.807, 2.05) is 16.2 Å². The number of nitrogens with zero attached hydrogens (tertiary/aromatic N) is 2. The normalized spacial score (nSPS) is 27.2. The second kappa shape index (κ2) is 6.07. The van der Waals surface area contributed by atoms with Gasteiger partial charge in [0.15, 0.2) is 0 Å². The molecule has 1 spiro atoms. The summed E-state index contributed by atoms with van der Waals surface area (Å²) in [5.74, 6) is 0.170. The molecule has 2 fully saturated rings. The molecule has 0 unspecified atom stereocenters. The van der Waals surface area contributed by atoms with Gasteiger partial charge in [-0.3, -0.25) is 9.69 Å². The summed E-state index contributed by atoms with van der Waals surface area (Å²) >= 11 is 1.87. The van der Waals surface area contributed by atoms with Gasteiger partial charge in [-0.2, -0.15) is 0 Å². The fraction of sp³-hybridized carbons (Fsp3) is 0.688. The number of thiophene rings is 1. The van der Waals surface area contributed by atoms with E-state index in [1.165, 1.54) is 9.75 Å². The zero-order valence-corrected chi connectivity index (χ0v) is 13.7. The summed E-state index contributed by atoms with van der Waals surface area (Å²) in [6, 6.07) is 4.42. The minimum absolute atomic E-state index is 0.144. The summed E-state index contributed by atoms with van der Waals surface area (Å²) in [5, 5.41) is 0. The Morgan fingerprint density at radius 2 is 2.24 bits per heavy atom. The molecule has 4 nitrogen and oxygen atoms in total. The quantitative estimate of drug-likeness (QED) is 0.840. The van der Waals surface area contributed by atoms with Crippen molar-refractivity contribution in [2.75, 3.05) is 32.8 Å². The summed E-state index contributed by atoms with van der Waals surface area (Å²) < 4.78 is 6.13. The largest absolute Gasteiger partial charge is 0.370 e. The molecular weight excluding hydrogens is 284 g/mol. The fourth-order valence-corrected chi connectivity index (χ4v) is 4.40. The molecule has 1 aromatic heterocycles. The van der Waals surface area contributed by atoms with Gasteiger partial charge in [-0.1, -0.05) is 0 Å². The molecule has 0 aliphatic carbocycles. The molecule has 2 saturated heterocycles. The zero-order valence-electron chi connectivity index (χ0n) is 12.9. The van der Waals surface area contributed by atoms with E-state index in [9.17, 15) is 4.79 Å². The van der Waals surface area contributed by atoms with Crippen LogP contribution < -0.4 is 0 Å². The van der Waals surface area contributed by atoms with Crippen LogP contribution in [-0.4, -0.2) is 54.1 Å². The molecule has 116 valence electrons. The van der Waals surface area contributed by atoms with E-state index in [1.54, 1.807) is 6.92 Å². The highest BCUT2D eigenvalue weighted by molar-refractivity contribution is 7.11. The van der Waals surface area contributed by atoms with Crippen LogP contribution in [-0.2, 0) is 16.1 Å². The number of carbonyl (C=O) groups excluding carboxylic acids is 1. The summed E-state index contributed by atoms with van der Waals surface area (Å²) in [6.45, 7) is 9.15. The molecule has 0 saturated carbocycles. The Hall–Kier alpha value is -0.910. The Morgan fingerprint density at radius 1 is 1.38 bits per heavy atom. The lowest BCUT2D eigenvalue weighted by molar-refractivity contribution is -0.156. The third kappa shape index (κ3) is 3.47. The first-order valence-electron chi connectivity index (χ1n) is 7.73. The Bertz CT molecular complexity index is 512. The average Bonchev–Trinajstić information content (AvgIpc) is 2.84. The maximum absolute atomic E-state index is 11.7. The summed E-state index contributed by atoms with van der Waals surface area (Å²) in [4.78, 5) is 18.9. The zero-order chi connectivity index (χ0) is 14.9. The highest BCUT2D eigenvalue weighted by atomic mass is 32.1. The summed E-state index contributed by atoms with van der Waals surface area (Å²) in [5.41, 5.74) is -0.144. The SMILES string of the molecule is CC(=O)N1CCC[C@@]2(CN(Cc3ccc(C)s3)CCO2)C1. The Balaban J connectivity index is 1.65. The van der Waals surface area contributed by atoms with Gasteiger partial charge < -0.3 is 9.64 Å². The molecule has 1 amide bonds. The average molecular weight is 308 g/mol. The van der Waals surface area contributed by atoms with Gasteiger partial charge in [0.25, 0.3) is 0 Å². The number of hydrogen-bond donors (Lipinski definition) is 0. The summed E-state index contributed by atoms with van der Waals surface area (Å²) in [7, 11) is 0. The van der Waals surface area contributed by atoms with Crippen molar-refractivity contribution in [1.82, 2.24) is 9.80 Å². The number of likely N-dealkylation sites (tertiary alicyclic amines) is 1. The van der Waals surface area contributed by atoms with Crippen molar-refractivity contribution in [3.05, 3.63) is 21.9 Å². The molecule has 0 aromatic carbocycles. The Morgan fingerprint density at radius 3 is 2.95 bits per heavy atom. The van der Waals surface area contributed by atoms with Crippen molar-refractivity contribution in [2.24, 2.45) is 0 Å². The third-order valence-electron chi connectivity index (χ3n) is 4.49. The van der Waals surface area contributed by atoms with Crippen LogP contribution in [0.25, 0.3) is 0 Å². The lowest BCUT2D eigenvalue weighted by Crippen LogP contribution is -2.60. The predicted molar refractivity (Wildman–Crippen MR) is 84.5 cm³/mol. The van der Waals surface area contributed by atoms with Gasteiger partial charge in [0.1, 0.15) is 0 Å². The predicted octanol–water partition coefficient (Wildman–Crippen LogP) is 2.27. The van der Waals surface area contributed by atoms with Crippen LogP contribution >= 0.6 is 11.3 Å². The highest BCUT2D eigenvalue weighted by Crippen LogP contribution is 2.30. The van der Waals surface area contributed by atoms with Gasteiger partial charge in [0.2, 0.25) is 5.91 Å². The van der Waals surface area contributed by atoms with Crippen LogP contribution in [0.5, 0.6) is 0 Å². The summed E-state index contributed by atoms with van der Waals surface area (Å²) in [6.07, 6.45) is 2.11. The molecule has 0 bridgehead atoms. The van der Waals surface area contributed by atoms with E-state index in [0.29, 0.717) is 0 Å². The number of morpholine rings is 1. The lowest BCUT2D eigenvalue weighted by Gasteiger charge is -2.47. The van der Waals surface area contributed by atoms with E-state index in [0.717, 1.165) is 52.2 Å². The maximum atomic E-state index is 11.7. The topological polar surface area (TPSA) is 32.8 Å². The van der Waals surface area contributed by atoms with Crippen molar-refractivity contribution in [2.45, 2.75) is 38.8 Å². The van der Waals surface area contributed by atoms with Crippen LogP contribution in [0.1, 0.15) is 29.5 Å². The van der Waals surface area contributed by atoms with Crippen molar-refractivity contribution < 1.29 is 9.53 Å². The van der Waals surface area contributed by atoms with Crippen molar-refractivity contribution >= 4 is 17.2 Å². The molecule has 3 heterocycles. The van der Waals surface area contributed by atoms with Crippen LogP contribution in [0.3, 0.4) is 0 Å². The molecule has 1 atom stereocenters. The minimum Gasteiger partial charge on any atom is -0.370 e. The van der Waals surface area contributed by atoms with Crippen LogP contribution in [0.2, 0.25) is 0 Å². The van der Waals surface area contributed by atoms with Crippen LogP contribution in [0.15, 0.2) is 12.1 Å². The smallest absolute Gasteiger partial charge is 0.219 e. The first kappa shape index (κ1) is 15.0. The molecule has 3 rings (SSSR count). The van der Waals surface area contributed by atoms with Gasteiger partial charge in [0.05, 0.1) is 18.8 Å². The minimum atomic E-state index is -0.144. The second-order valence-electron chi connectivity index (χ2n) is 6.30. The standard InChI is InChI=1S/C16H24N2O2S/c1-13-4-5-15(21-13)10-17-8-9-20-16(11-17)6-3-7-18(12-16)14(2)19/h4-5H,3,6-12H2,1-2H3/t16-/m1/s1. The van der Waals surface area contributed by atoms with Gasteiger partial charge in [0, 0.05) is 42.9 Å². The number of rotatable bonds is 2. The molecule has 2 aliphatic heterocycles. The Kier molecular flexibility index (Phi) is 4.33. The molecule has 21 heavy (non-hydrogen) atoms. The number of piperidine rings is 1. The van der Waals surface area contributed by atoms with Crippen molar-refractivity contribution in [1.29, 1.82) is 0 Å². The van der Waals surface area contributed by atoms with E-state index in [4.69, 9.17) is 4.74 Å². The molecule has 0 radical (unpaired) electrons. The lowest BCUT2D eigenvalue weighted by atomic mass is 9.90. The number of hydrogen-bond acceptors (Lipinski definition) is 4. The van der Waals surface area contributed by atoms with Gasteiger partial charge >= 0.3 is 0 Å². The van der Waals surface area contributed by atoms with Crippen LogP contribution in [0, 0.1) is 6.92 Å². The molecule has 2 aliphatic rings. The van der Waals surface area contributed by atoms with Gasteiger partial charge in [-0.05, 0) is 31.9 Å². The Labute approximate surface area is 130 Å². The molecule has 5 heteroatoms. The van der Waals surface area contributed by atoms with E-state index < -0.39 is 0 Å².